The third-order valence-corrected chi connectivity index (χ3v) is 4.90. The Kier molecular flexibility index (Phi) is 4.52. The van der Waals surface area contributed by atoms with Crippen molar-refractivity contribution in [1.29, 1.82) is 0 Å². The Hall–Kier alpha value is -2.47. The molecule has 6 heteroatoms. The highest BCUT2D eigenvalue weighted by Gasteiger charge is 2.40. The lowest BCUT2D eigenvalue weighted by Gasteiger charge is -2.15. The Morgan fingerprint density at radius 1 is 1.35 bits per heavy atom. The van der Waals surface area contributed by atoms with Gasteiger partial charge in [-0.1, -0.05) is 30.3 Å². The molecule has 1 aromatic heterocycles. The van der Waals surface area contributed by atoms with Crippen LogP contribution in [0, 0.1) is 12.8 Å². The summed E-state index contributed by atoms with van der Waals surface area (Å²) in [6.07, 6.45) is 1.61. The molecule has 3 rings (SSSR count). The lowest BCUT2D eigenvalue weighted by molar-refractivity contribution is -0.133. The van der Waals surface area contributed by atoms with Gasteiger partial charge >= 0.3 is 0 Å². The fourth-order valence-electron chi connectivity index (χ4n) is 2.67. The van der Waals surface area contributed by atoms with Gasteiger partial charge in [-0.05, 0) is 29.5 Å². The van der Waals surface area contributed by atoms with Crippen molar-refractivity contribution < 1.29 is 9.59 Å². The molecule has 2 atom stereocenters. The smallest absolute Gasteiger partial charge is 0.253 e. The van der Waals surface area contributed by atoms with Crippen LogP contribution in [0.25, 0.3) is 0 Å². The molecule has 1 aromatic carbocycles. The van der Waals surface area contributed by atoms with E-state index in [1.807, 2.05) is 48.7 Å². The first-order valence-electron chi connectivity index (χ1n) is 7.36. The predicted molar refractivity (Wildman–Crippen MR) is 90.5 cm³/mol. The molecule has 1 fully saturated rings. The summed E-state index contributed by atoms with van der Waals surface area (Å²) < 4.78 is 0. The SMILES string of the molecule is Cc1ccsc1/C=N/NC(=O)C1C(=O)NCC1c1ccccc1. The molecule has 1 aliphatic heterocycles. The molecule has 2 unspecified atom stereocenters. The first kappa shape index (κ1) is 15.4. The second kappa shape index (κ2) is 6.75. The van der Waals surface area contributed by atoms with Crippen LogP contribution in [0.2, 0.25) is 0 Å². The summed E-state index contributed by atoms with van der Waals surface area (Å²) in [5.74, 6) is -1.54. The van der Waals surface area contributed by atoms with E-state index >= 15 is 0 Å². The van der Waals surface area contributed by atoms with Crippen molar-refractivity contribution in [2.75, 3.05) is 6.54 Å². The van der Waals surface area contributed by atoms with Crippen LogP contribution in [0.4, 0.5) is 0 Å². The second-order valence-corrected chi connectivity index (χ2v) is 6.39. The molecule has 2 amide bonds. The zero-order chi connectivity index (χ0) is 16.2. The Bertz CT molecular complexity index is 739. The zero-order valence-corrected chi connectivity index (χ0v) is 13.5. The molecular formula is C17H17N3O2S. The highest BCUT2D eigenvalue weighted by Crippen LogP contribution is 2.28. The van der Waals surface area contributed by atoms with Crippen LogP contribution >= 0.6 is 11.3 Å². The molecule has 2 N–H and O–H groups in total. The van der Waals surface area contributed by atoms with E-state index in [4.69, 9.17) is 0 Å². The Balaban J connectivity index is 1.71. The molecule has 5 nitrogen and oxygen atoms in total. The van der Waals surface area contributed by atoms with E-state index in [9.17, 15) is 9.59 Å². The van der Waals surface area contributed by atoms with Crippen molar-refractivity contribution in [2.24, 2.45) is 11.0 Å². The van der Waals surface area contributed by atoms with Gasteiger partial charge in [-0.2, -0.15) is 5.10 Å². The van der Waals surface area contributed by atoms with Gasteiger partial charge in [0, 0.05) is 17.3 Å². The summed E-state index contributed by atoms with van der Waals surface area (Å²) >= 11 is 1.55. The van der Waals surface area contributed by atoms with Gasteiger partial charge in [-0.15, -0.1) is 11.3 Å². The minimum absolute atomic E-state index is 0.164. The van der Waals surface area contributed by atoms with Gasteiger partial charge < -0.3 is 5.32 Å². The average Bonchev–Trinajstić information content (AvgIpc) is 3.14. The molecule has 1 aliphatic rings. The monoisotopic (exact) mass is 327 g/mol. The molecular weight excluding hydrogens is 310 g/mol. The van der Waals surface area contributed by atoms with Gasteiger partial charge in [-0.25, -0.2) is 5.43 Å². The van der Waals surface area contributed by atoms with Crippen LogP contribution < -0.4 is 10.7 Å². The molecule has 1 saturated heterocycles. The maximum atomic E-state index is 12.4. The largest absolute Gasteiger partial charge is 0.355 e. The number of hydrogen-bond acceptors (Lipinski definition) is 4. The lowest BCUT2D eigenvalue weighted by Crippen LogP contribution is -2.34. The summed E-state index contributed by atoms with van der Waals surface area (Å²) in [7, 11) is 0. The topological polar surface area (TPSA) is 70.6 Å². The van der Waals surface area contributed by atoms with E-state index in [-0.39, 0.29) is 17.7 Å². The minimum atomic E-state index is -0.751. The summed E-state index contributed by atoms with van der Waals surface area (Å²) in [5, 5.41) is 8.72. The number of carbonyl (C=O) groups excluding carboxylic acids is 2. The summed E-state index contributed by atoms with van der Waals surface area (Å²) in [6, 6.07) is 11.6. The van der Waals surface area contributed by atoms with E-state index in [1.54, 1.807) is 17.6 Å². The van der Waals surface area contributed by atoms with Crippen LogP contribution in [-0.4, -0.2) is 24.6 Å². The van der Waals surface area contributed by atoms with Gasteiger partial charge in [0.15, 0.2) is 0 Å². The summed E-state index contributed by atoms with van der Waals surface area (Å²) in [4.78, 5) is 25.4. The number of hydrazone groups is 1. The number of nitrogens with zero attached hydrogens (tertiary/aromatic N) is 1. The van der Waals surface area contributed by atoms with E-state index in [0.29, 0.717) is 6.54 Å². The first-order valence-corrected chi connectivity index (χ1v) is 8.24. The van der Waals surface area contributed by atoms with Crippen LogP contribution in [0.15, 0.2) is 46.9 Å². The van der Waals surface area contributed by atoms with E-state index in [0.717, 1.165) is 16.0 Å². The highest BCUT2D eigenvalue weighted by molar-refractivity contribution is 7.11. The van der Waals surface area contributed by atoms with Crippen molar-refractivity contribution in [3.8, 4) is 0 Å². The standard InChI is InChI=1S/C17H17N3O2S/c1-11-7-8-23-14(11)10-19-20-17(22)15-13(9-18-16(15)21)12-5-3-2-4-6-12/h2-8,10,13,15H,9H2,1H3,(H,18,21)(H,20,22)/b19-10+. The first-order chi connectivity index (χ1) is 11.2. The van der Waals surface area contributed by atoms with Crippen LogP contribution in [-0.2, 0) is 9.59 Å². The third kappa shape index (κ3) is 3.32. The summed E-state index contributed by atoms with van der Waals surface area (Å²) in [6.45, 7) is 2.45. The van der Waals surface area contributed by atoms with E-state index in [2.05, 4.69) is 15.8 Å². The maximum absolute atomic E-state index is 12.4. The number of benzene rings is 1. The predicted octanol–water partition coefficient (Wildman–Crippen LogP) is 2.04. The maximum Gasteiger partial charge on any atom is 0.253 e. The van der Waals surface area contributed by atoms with Gasteiger partial charge in [0.2, 0.25) is 5.91 Å². The molecule has 118 valence electrons. The summed E-state index contributed by atoms with van der Waals surface area (Å²) in [5.41, 5.74) is 4.58. The number of rotatable bonds is 4. The van der Waals surface area contributed by atoms with Crippen molar-refractivity contribution in [2.45, 2.75) is 12.8 Å². The molecule has 23 heavy (non-hydrogen) atoms. The van der Waals surface area contributed by atoms with Crippen molar-refractivity contribution in [1.82, 2.24) is 10.7 Å². The number of amides is 2. The number of thiophene rings is 1. The van der Waals surface area contributed by atoms with E-state index < -0.39 is 5.92 Å². The minimum Gasteiger partial charge on any atom is -0.355 e. The quantitative estimate of drug-likeness (QED) is 0.512. The molecule has 0 aliphatic carbocycles. The van der Waals surface area contributed by atoms with Crippen molar-refractivity contribution in [3.63, 3.8) is 0 Å². The van der Waals surface area contributed by atoms with Crippen LogP contribution in [0.3, 0.4) is 0 Å². The third-order valence-electron chi connectivity index (χ3n) is 3.95. The molecule has 0 radical (unpaired) electrons. The highest BCUT2D eigenvalue weighted by atomic mass is 32.1. The lowest BCUT2D eigenvalue weighted by atomic mass is 9.88. The number of nitrogens with one attached hydrogen (secondary N) is 2. The molecule has 2 heterocycles. The van der Waals surface area contributed by atoms with Crippen molar-refractivity contribution in [3.05, 3.63) is 57.8 Å². The molecule has 2 aromatic rings. The fourth-order valence-corrected chi connectivity index (χ4v) is 3.46. The van der Waals surface area contributed by atoms with Crippen LogP contribution in [0.5, 0.6) is 0 Å². The fraction of sp³-hybridized carbons (Fsp3) is 0.235. The van der Waals surface area contributed by atoms with Gasteiger partial charge in [0.1, 0.15) is 5.92 Å². The zero-order valence-electron chi connectivity index (χ0n) is 12.7. The average molecular weight is 327 g/mol. The van der Waals surface area contributed by atoms with Gasteiger partial charge in [0.25, 0.3) is 5.91 Å². The normalized spacial score (nSPS) is 20.7. The van der Waals surface area contributed by atoms with Crippen molar-refractivity contribution >= 4 is 29.4 Å². The Morgan fingerprint density at radius 3 is 2.83 bits per heavy atom. The number of hydrogen-bond donors (Lipinski definition) is 2. The molecule has 0 bridgehead atoms. The van der Waals surface area contributed by atoms with Gasteiger partial charge in [-0.3, -0.25) is 9.59 Å². The van der Waals surface area contributed by atoms with E-state index in [1.165, 1.54) is 0 Å². The number of aryl methyl sites for hydroxylation is 1. The molecule has 0 spiro atoms. The second-order valence-electron chi connectivity index (χ2n) is 5.44. The Labute approximate surface area is 138 Å². The number of carbonyl (C=O) groups is 2. The van der Waals surface area contributed by atoms with Crippen LogP contribution in [0.1, 0.15) is 21.9 Å². The van der Waals surface area contributed by atoms with Gasteiger partial charge in [0.05, 0.1) is 6.21 Å². The molecule has 0 saturated carbocycles. The Morgan fingerprint density at radius 2 is 2.13 bits per heavy atom.